The minimum absolute atomic E-state index is 0.128. The molecule has 1 aromatic heterocycles. The zero-order valence-corrected chi connectivity index (χ0v) is 18.6. The lowest BCUT2D eigenvalue weighted by Gasteiger charge is -2.34. The van der Waals surface area contributed by atoms with E-state index in [9.17, 15) is 4.79 Å². The Bertz CT molecular complexity index is 916. The van der Waals surface area contributed by atoms with Gasteiger partial charge in [0, 0.05) is 26.2 Å². The van der Waals surface area contributed by atoms with Crippen molar-refractivity contribution in [2.24, 2.45) is 0 Å². The van der Waals surface area contributed by atoms with Gasteiger partial charge in [0.05, 0.1) is 11.7 Å². The molecule has 0 aliphatic carbocycles. The molecule has 31 heavy (non-hydrogen) atoms. The Balaban J connectivity index is 1.40. The van der Waals surface area contributed by atoms with E-state index in [4.69, 9.17) is 4.42 Å². The predicted octanol–water partition coefficient (Wildman–Crippen LogP) is 3.90. The van der Waals surface area contributed by atoms with Gasteiger partial charge in [-0.05, 0) is 24.1 Å². The quantitative estimate of drug-likeness (QED) is 0.499. The van der Waals surface area contributed by atoms with E-state index in [1.54, 1.807) is 0 Å². The van der Waals surface area contributed by atoms with Crippen LogP contribution in [0.15, 0.2) is 70.3 Å². The third-order valence-electron chi connectivity index (χ3n) is 5.52. The van der Waals surface area contributed by atoms with Crippen molar-refractivity contribution in [2.45, 2.75) is 24.5 Å². The Kier molecular flexibility index (Phi) is 7.38. The maximum atomic E-state index is 12.6. The highest BCUT2D eigenvalue weighted by atomic mass is 32.2. The van der Waals surface area contributed by atoms with Crippen LogP contribution < -0.4 is 0 Å². The molecular weight excluding hydrogens is 408 g/mol. The highest BCUT2D eigenvalue weighted by Gasteiger charge is 2.24. The molecule has 0 N–H and O–H groups in total. The highest BCUT2D eigenvalue weighted by molar-refractivity contribution is 7.99. The van der Waals surface area contributed by atoms with Crippen LogP contribution in [-0.2, 0) is 4.79 Å². The fourth-order valence-electron chi connectivity index (χ4n) is 3.92. The molecule has 7 heteroatoms. The number of benzene rings is 2. The van der Waals surface area contributed by atoms with Crippen molar-refractivity contribution in [3.05, 3.63) is 77.7 Å². The number of thioether (sulfide) groups is 1. The second kappa shape index (κ2) is 10.6. The first-order chi connectivity index (χ1) is 15.2. The van der Waals surface area contributed by atoms with Gasteiger partial charge >= 0.3 is 0 Å². The lowest BCUT2D eigenvalue weighted by molar-refractivity contribution is -0.130. The molecule has 1 aliphatic heterocycles. The Labute approximate surface area is 187 Å². The molecule has 1 fully saturated rings. The van der Waals surface area contributed by atoms with Crippen LogP contribution in [0.1, 0.15) is 36.3 Å². The summed E-state index contributed by atoms with van der Waals surface area (Å²) in [7, 11) is 0. The molecule has 0 unspecified atom stereocenters. The Morgan fingerprint density at radius 3 is 2.16 bits per heavy atom. The largest absolute Gasteiger partial charge is 0.415 e. The van der Waals surface area contributed by atoms with Crippen LogP contribution in [0, 0.1) is 0 Å². The number of rotatable bonds is 8. The smallest absolute Gasteiger partial charge is 0.277 e. The second-order valence-corrected chi connectivity index (χ2v) is 8.60. The summed E-state index contributed by atoms with van der Waals surface area (Å²) in [6.07, 6.45) is 1.15. The predicted molar refractivity (Wildman–Crippen MR) is 122 cm³/mol. The van der Waals surface area contributed by atoms with Crippen molar-refractivity contribution in [3.63, 3.8) is 0 Å². The van der Waals surface area contributed by atoms with Gasteiger partial charge in [-0.25, -0.2) is 0 Å². The van der Waals surface area contributed by atoms with E-state index < -0.39 is 0 Å². The second-order valence-electron chi connectivity index (χ2n) is 7.67. The van der Waals surface area contributed by atoms with Crippen molar-refractivity contribution < 1.29 is 9.21 Å². The summed E-state index contributed by atoms with van der Waals surface area (Å²) in [5.41, 5.74) is 2.19. The van der Waals surface area contributed by atoms with E-state index in [0.717, 1.165) is 50.3 Å². The van der Waals surface area contributed by atoms with Gasteiger partial charge in [0.2, 0.25) is 11.8 Å². The van der Waals surface area contributed by atoms with Gasteiger partial charge < -0.3 is 9.32 Å². The molecule has 1 aliphatic rings. The van der Waals surface area contributed by atoms with E-state index in [0.29, 0.717) is 16.9 Å². The summed E-state index contributed by atoms with van der Waals surface area (Å²) >= 11 is 1.32. The van der Waals surface area contributed by atoms with Gasteiger partial charge in [0.15, 0.2) is 0 Å². The minimum atomic E-state index is -0.133. The summed E-state index contributed by atoms with van der Waals surface area (Å²) < 4.78 is 6.00. The Hall–Kier alpha value is -2.64. The zero-order chi connectivity index (χ0) is 21.5. The van der Waals surface area contributed by atoms with Crippen LogP contribution in [0.4, 0.5) is 0 Å². The summed E-state index contributed by atoms with van der Waals surface area (Å²) in [6.45, 7) is 6.77. The fourth-order valence-corrected chi connectivity index (χ4v) is 4.59. The molecule has 3 aromatic rings. The van der Waals surface area contributed by atoms with E-state index in [1.165, 1.54) is 11.8 Å². The molecule has 2 aromatic carbocycles. The number of aromatic nitrogens is 2. The first kappa shape index (κ1) is 21.6. The number of carbonyl (C=O) groups is 1. The van der Waals surface area contributed by atoms with Crippen molar-refractivity contribution in [1.82, 2.24) is 20.0 Å². The van der Waals surface area contributed by atoms with Crippen molar-refractivity contribution in [3.8, 4) is 0 Å². The third-order valence-corrected chi connectivity index (χ3v) is 6.32. The van der Waals surface area contributed by atoms with Crippen LogP contribution in [0.25, 0.3) is 0 Å². The number of carbonyl (C=O) groups excluding carboxylic acids is 1. The number of hydrogen-bond acceptors (Lipinski definition) is 6. The lowest BCUT2D eigenvalue weighted by atomic mass is 9.91. The number of hydrogen-bond donors (Lipinski definition) is 0. The average molecular weight is 437 g/mol. The van der Waals surface area contributed by atoms with Crippen molar-refractivity contribution >= 4 is 17.7 Å². The Morgan fingerprint density at radius 2 is 1.58 bits per heavy atom. The van der Waals surface area contributed by atoms with Gasteiger partial charge in [-0.15, -0.1) is 10.2 Å². The normalized spacial score (nSPS) is 14.8. The molecule has 0 spiro atoms. The third kappa shape index (κ3) is 5.54. The molecule has 1 amide bonds. The molecule has 0 saturated carbocycles. The van der Waals surface area contributed by atoms with E-state index >= 15 is 0 Å². The molecule has 6 nitrogen and oxygen atoms in total. The summed E-state index contributed by atoms with van der Waals surface area (Å²) in [5, 5.41) is 8.97. The molecule has 0 atom stereocenters. The van der Waals surface area contributed by atoms with E-state index in [-0.39, 0.29) is 11.8 Å². The monoisotopic (exact) mass is 436 g/mol. The number of nitrogens with zero attached hydrogens (tertiary/aromatic N) is 4. The molecule has 1 saturated heterocycles. The number of amides is 1. The van der Waals surface area contributed by atoms with Crippen LogP contribution in [-0.4, -0.2) is 64.4 Å². The molecule has 0 bridgehead atoms. The minimum Gasteiger partial charge on any atom is -0.415 e. The maximum Gasteiger partial charge on any atom is 0.277 e. The van der Waals surface area contributed by atoms with Crippen LogP contribution in [0.3, 0.4) is 0 Å². The number of piperazine rings is 1. The summed E-state index contributed by atoms with van der Waals surface area (Å²) in [6, 6.07) is 20.3. The van der Waals surface area contributed by atoms with E-state index in [2.05, 4.69) is 46.3 Å². The molecule has 162 valence electrons. The summed E-state index contributed by atoms with van der Waals surface area (Å²) in [4.78, 5) is 17.0. The molecule has 0 radical (unpaired) electrons. The van der Waals surface area contributed by atoms with Crippen LogP contribution >= 0.6 is 11.8 Å². The lowest BCUT2D eigenvalue weighted by Crippen LogP contribution is -2.49. The standard InChI is InChI=1S/C24H28N4O2S/c1-2-13-27-14-16-28(17-15-27)21(29)18-31-24-26-25-23(30-24)22(19-9-5-3-6-10-19)20-11-7-4-8-12-20/h3-12,22H,2,13-18H2,1H3. The van der Waals surface area contributed by atoms with Gasteiger partial charge in [0.1, 0.15) is 0 Å². The maximum absolute atomic E-state index is 12.6. The molecule has 4 rings (SSSR count). The van der Waals surface area contributed by atoms with Crippen molar-refractivity contribution in [2.75, 3.05) is 38.5 Å². The fraction of sp³-hybridized carbons (Fsp3) is 0.375. The molecule has 2 heterocycles. The SMILES string of the molecule is CCCN1CCN(C(=O)CSc2nnc(C(c3ccccc3)c3ccccc3)o2)CC1. The topological polar surface area (TPSA) is 62.5 Å². The van der Waals surface area contributed by atoms with Gasteiger partial charge in [-0.2, -0.15) is 0 Å². The van der Waals surface area contributed by atoms with Crippen LogP contribution in [0.5, 0.6) is 0 Å². The van der Waals surface area contributed by atoms with E-state index in [1.807, 2.05) is 41.3 Å². The van der Waals surface area contributed by atoms with Crippen LogP contribution in [0.2, 0.25) is 0 Å². The first-order valence-corrected chi connectivity index (χ1v) is 11.8. The van der Waals surface area contributed by atoms with Crippen molar-refractivity contribution in [1.29, 1.82) is 0 Å². The average Bonchev–Trinajstić information content (AvgIpc) is 3.28. The molecular formula is C24H28N4O2S. The zero-order valence-electron chi connectivity index (χ0n) is 17.8. The van der Waals surface area contributed by atoms with Gasteiger partial charge in [0.25, 0.3) is 5.22 Å². The summed E-state index contributed by atoms with van der Waals surface area (Å²) in [5.74, 6) is 0.854. The highest BCUT2D eigenvalue weighted by Crippen LogP contribution is 2.32. The first-order valence-electron chi connectivity index (χ1n) is 10.8. The van der Waals surface area contributed by atoms with Gasteiger partial charge in [-0.3, -0.25) is 9.69 Å². The van der Waals surface area contributed by atoms with Gasteiger partial charge in [-0.1, -0.05) is 79.3 Å². The Morgan fingerprint density at radius 1 is 0.968 bits per heavy atom.